The number of piperazine rings is 1. The van der Waals surface area contributed by atoms with Crippen LogP contribution in [0.15, 0.2) is 40.8 Å². The van der Waals surface area contributed by atoms with Gasteiger partial charge in [-0.25, -0.2) is 4.79 Å². The van der Waals surface area contributed by atoms with Gasteiger partial charge >= 0.3 is 6.16 Å². The largest absolute Gasteiger partial charge is 0.513 e. The normalized spacial score (nSPS) is 15.1. The van der Waals surface area contributed by atoms with E-state index in [-0.39, 0.29) is 5.95 Å². The van der Waals surface area contributed by atoms with E-state index >= 15 is 0 Å². The Kier molecular flexibility index (Phi) is 5.58. The summed E-state index contributed by atoms with van der Waals surface area (Å²) in [5.74, 6) is -0.0176. The van der Waals surface area contributed by atoms with Crippen LogP contribution in [0.5, 0.6) is 5.95 Å². The Balaban J connectivity index is 1.46. The fourth-order valence-electron chi connectivity index (χ4n) is 3.75. The molecule has 1 fully saturated rings. The maximum absolute atomic E-state index is 10.7. The van der Waals surface area contributed by atoms with Gasteiger partial charge in [-0.15, -0.1) is 0 Å². The quantitative estimate of drug-likeness (QED) is 0.552. The summed E-state index contributed by atoms with van der Waals surface area (Å²) in [6.07, 6.45) is -1.39. The first kappa shape index (κ1) is 19.9. The van der Waals surface area contributed by atoms with Gasteiger partial charge in [0.25, 0.3) is 5.95 Å². The Bertz CT molecular complexity index is 1060. The minimum absolute atomic E-state index is 0.0176. The molecule has 8 heteroatoms. The monoisotopic (exact) mass is 434 g/mol. The molecule has 0 bridgehead atoms. The minimum atomic E-state index is -1.39. The van der Waals surface area contributed by atoms with E-state index in [2.05, 4.69) is 14.5 Å². The van der Waals surface area contributed by atoms with Crippen molar-refractivity contribution in [2.75, 3.05) is 31.1 Å². The highest BCUT2D eigenvalue weighted by molar-refractivity contribution is 6.42. The zero-order valence-electron chi connectivity index (χ0n) is 15.8. The number of anilines is 1. The first-order valence-corrected chi connectivity index (χ1v) is 10.0. The highest BCUT2D eigenvalue weighted by Crippen LogP contribution is 2.34. The number of nitrogens with zero attached hydrogens (tertiary/aromatic N) is 2. The van der Waals surface area contributed by atoms with Crippen LogP contribution >= 0.6 is 23.2 Å². The Labute approximate surface area is 178 Å². The van der Waals surface area contributed by atoms with Gasteiger partial charge in [0.1, 0.15) is 5.58 Å². The van der Waals surface area contributed by atoms with E-state index in [1.165, 1.54) is 0 Å². The summed E-state index contributed by atoms with van der Waals surface area (Å²) in [7, 11) is 0. The number of furan rings is 1. The minimum Gasteiger partial charge on any atom is -0.449 e. The zero-order valence-corrected chi connectivity index (χ0v) is 17.3. The molecule has 1 saturated heterocycles. The lowest BCUT2D eigenvalue weighted by atomic mass is 10.1. The van der Waals surface area contributed by atoms with E-state index < -0.39 is 6.16 Å². The first-order valence-electron chi connectivity index (χ1n) is 9.26. The Morgan fingerprint density at radius 2 is 1.93 bits per heavy atom. The van der Waals surface area contributed by atoms with Crippen molar-refractivity contribution >= 4 is 46.0 Å². The average molecular weight is 435 g/mol. The van der Waals surface area contributed by atoms with Crippen molar-refractivity contribution in [3.8, 4) is 5.95 Å². The third-order valence-corrected chi connectivity index (χ3v) is 6.10. The number of fused-ring (bicyclic) bond motifs is 1. The van der Waals surface area contributed by atoms with E-state index in [1.54, 1.807) is 12.1 Å². The van der Waals surface area contributed by atoms with Gasteiger partial charge in [-0.2, -0.15) is 0 Å². The zero-order chi connectivity index (χ0) is 20.5. The standard InChI is InChI=1S/C21H20Cl2N2O4/c1-13-15-11-19(29-21(26)27)28-18(15)6-5-17(13)25-9-7-24(8-10-25)12-14-3-2-4-16(22)20(14)23/h2-6,11H,7-10,12H2,1H3,(H,26,27). The Morgan fingerprint density at radius 1 is 1.17 bits per heavy atom. The molecule has 0 spiro atoms. The predicted octanol–water partition coefficient (Wildman–Crippen LogP) is 5.43. The summed E-state index contributed by atoms with van der Waals surface area (Å²) in [5.41, 5.74) is 3.80. The molecule has 4 rings (SSSR count). The number of rotatable bonds is 4. The highest BCUT2D eigenvalue weighted by Gasteiger charge is 2.21. The van der Waals surface area contributed by atoms with Gasteiger partial charge in [-0.1, -0.05) is 35.3 Å². The van der Waals surface area contributed by atoms with Crippen molar-refractivity contribution in [1.82, 2.24) is 4.90 Å². The van der Waals surface area contributed by atoms with Gasteiger partial charge in [0.2, 0.25) is 0 Å². The van der Waals surface area contributed by atoms with E-state index in [9.17, 15) is 4.79 Å². The molecule has 152 valence electrons. The molecule has 0 atom stereocenters. The molecule has 1 aliphatic rings. The first-order chi connectivity index (χ1) is 13.9. The van der Waals surface area contributed by atoms with Crippen molar-refractivity contribution in [3.05, 3.63) is 57.6 Å². The van der Waals surface area contributed by atoms with Gasteiger partial charge in [-0.05, 0) is 36.2 Å². The maximum atomic E-state index is 10.7. The molecule has 1 aliphatic heterocycles. The number of ether oxygens (including phenoxy) is 1. The molecule has 0 radical (unpaired) electrons. The SMILES string of the molecule is Cc1c(N2CCN(Cc3cccc(Cl)c3Cl)CC2)ccc2oc(OC(=O)O)cc12. The molecule has 0 unspecified atom stereocenters. The number of carboxylic acid groups (broad SMARTS) is 1. The summed E-state index contributed by atoms with van der Waals surface area (Å²) < 4.78 is 10.1. The molecule has 1 N–H and O–H groups in total. The lowest BCUT2D eigenvalue weighted by Gasteiger charge is -2.37. The number of benzene rings is 2. The van der Waals surface area contributed by atoms with Crippen LogP contribution in [-0.2, 0) is 6.54 Å². The highest BCUT2D eigenvalue weighted by atomic mass is 35.5. The number of halogens is 2. The van der Waals surface area contributed by atoms with E-state index in [0.717, 1.165) is 54.9 Å². The number of aryl methyl sites for hydroxylation is 1. The fraction of sp³-hybridized carbons (Fsp3) is 0.286. The molecular weight excluding hydrogens is 415 g/mol. The van der Waals surface area contributed by atoms with Gasteiger partial charge in [0.05, 0.1) is 10.0 Å². The molecule has 1 aromatic heterocycles. The third kappa shape index (κ3) is 4.15. The summed E-state index contributed by atoms with van der Waals surface area (Å²) in [5, 5.41) is 10.8. The smallest absolute Gasteiger partial charge is 0.449 e. The molecule has 29 heavy (non-hydrogen) atoms. The second-order valence-corrected chi connectivity index (χ2v) is 7.82. The van der Waals surface area contributed by atoms with E-state index in [0.29, 0.717) is 15.6 Å². The summed E-state index contributed by atoms with van der Waals surface area (Å²) in [6.45, 7) is 6.33. The molecule has 6 nitrogen and oxygen atoms in total. The Hall–Kier alpha value is -2.41. The van der Waals surface area contributed by atoms with Crippen LogP contribution in [-0.4, -0.2) is 42.3 Å². The third-order valence-electron chi connectivity index (χ3n) is 5.25. The molecule has 2 aromatic carbocycles. The fourth-order valence-corrected chi connectivity index (χ4v) is 4.13. The average Bonchev–Trinajstić information content (AvgIpc) is 3.09. The lowest BCUT2D eigenvalue weighted by Crippen LogP contribution is -2.46. The maximum Gasteiger partial charge on any atom is 0.513 e. The molecule has 0 saturated carbocycles. The molecule has 0 amide bonds. The van der Waals surface area contributed by atoms with Gasteiger partial charge < -0.3 is 19.2 Å². The second kappa shape index (κ2) is 8.14. The van der Waals surface area contributed by atoms with Crippen LogP contribution in [0, 0.1) is 6.92 Å². The van der Waals surface area contributed by atoms with E-state index in [1.807, 2.05) is 31.2 Å². The van der Waals surface area contributed by atoms with Gasteiger partial charge in [-0.3, -0.25) is 4.90 Å². The van der Waals surface area contributed by atoms with Crippen molar-refractivity contribution in [3.63, 3.8) is 0 Å². The number of hydrogen-bond donors (Lipinski definition) is 1. The van der Waals surface area contributed by atoms with Crippen LogP contribution in [0.4, 0.5) is 10.5 Å². The van der Waals surface area contributed by atoms with E-state index in [4.69, 9.17) is 32.7 Å². The number of hydrogen-bond acceptors (Lipinski definition) is 5. The van der Waals surface area contributed by atoms with Crippen LogP contribution in [0.1, 0.15) is 11.1 Å². The van der Waals surface area contributed by atoms with Crippen molar-refractivity contribution in [2.45, 2.75) is 13.5 Å². The van der Waals surface area contributed by atoms with Crippen LogP contribution < -0.4 is 9.64 Å². The van der Waals surface area contributed by atoms with Gasteiger partial charge in [0.15, 0.2) is 0 Å². The summed E-state index contributed by atoms with van der Waals surface area (Å²) in [6, 6.07) is 11.2. The van der Waals surface area contributed by atoms with Crippen molar-refractivity contribution in [2.24, 2.45) is 0 Å². The molecular formula is C21H20Cl2N2O4. The Morgan fingerprint density at radius 3 is 2.66 bits per heavy atom. The lowest BCUT2D eigenvalue weighted by molar-refractivity contribution is 0.134. The van der Waals surface area contributed by atoms with Crippen molar-refractivity contribution < 1.29 is 19.1 Å². The molecule has 3 aromatic rings. The molecule has 2 heterocycles. The predicted molar refractivity (Wildman–Crippen MR) is 114 cm³/mol. The summed E-state index contributed by atoms with van der Waals surface area (Å²) >= 11 is 12.4. The molecule has 0 aliphatic carbocycles. The van der Waals surface area contributed by atoms with Crippen LogP contribution in [0.25, 0.3) is 11.0 Å². The van der Waals surface area contributed by atoms with Crippen molar-refractivity contribution in [1.29, 1.82) is 0 Å². The second-order valence-electron chi connectivity index (χ2n) is 7.03. The summed E-state index contributed by atoms with van der Waals surface area (Å²) in [4.78, 5) is 15.4. The van der Waals surface area contributed by atoms with Crippen LogP contribution in [0.2, 0.25) is 10.0 Å². The van der Waals surface area contributed by atoms with Crippen LogP contribution in [0.3, 0.4) is 0 Å². The topological polar surface area (TPSA) is 66.2 Å². The number of carbonyl (C=O) groups is 1. The van der Waals surface area contributed by atoms with Gasteiger partial charge in [0, 0.05) is 49.9 Å².